The van der Waals surface area contributed by atoms with Gasteiger partial charge in [-0.2, -0.15) is 5.10 Å². The van der Waals surface area contributed by atoms with Crippen molar-refractivity contribution in [1.82, 2.24) is 19.9 Å². The van der Waals surface area contributed by atoms with Crippen molar-refractivity contribution >= 4 is 5.91 Å². The van der Waals surface area contributed by atoms with Gasteiger partial charge in [-0.25, -0.2) is 9.67 Å². The number of amides is 1. The van der Waals surface area contributed by atoms with E-state index in [2.05, 4.69) is 22.2 Å². The lowest BCUT2D eigenvalue weighted by Gasteiger charge is -2.01. The van der Waals surface area contributed by atoms with Gasteiger partial charge in [0.25, 0.3) is 0 Å². The lowest BCUT2D eigenvalue weighted by molar-refractivity contribution is -0.117. The van der Waals surface area contributed by atoms with Crippen LogP contribution in [0.1, 0.15) is 31.4 Å². The Morgan fingerprint density at radius 2 is 2.32 bits per heavy atom. The van der Waals surface area contributed by atoms with Gasteiger partial charge in [0.2, 0.25) is 5.91 Å². The van der Waals surface area contributed by atoms with Crippen molar-refractivity contribution in [2.45, 2.75) is 39.7 Å². The highest BCUT2D eigenvalue weighted by molar-refractivity contribution is 5.75. The monoisotopic (exact) mass is 263 g/mol. The number of nitrogens with zero attached hydrogens (tertiary/aromatic N) is 4. The highest BCUT2D eigenvalue weighted by Gasteiger charge is 2.16. The molecular formula is C12H17N5O2. The second kappa shape index (κ2) is 5.64. The number of hydrogen-bond donors (Lipinski definition) is 1. The minimum absolute atomic E-state index is 0.0307. The average molecular weight is 263 g/mol. The maximum Gasteiger partial charge on any atom is 0.225 e. The number of primary amides is 1. The third kappa shape index (κ3) is 3.18. The van der Waals surface area contributed by atoms with E-state index in [1.807, 2.05) is 6.92 Å². The quantitative estimate of drug-likeness (QED) is 0.840. The summed E-state index contributed by atoms with van der Waals surface area (Å²) in [6.45, 7) is 4.64. The van der Waals surface area contributed by atoms with Crippen molar-refractivity contribution in [1.29, 1.82) is 0 Å². The van der Waals surface area contributed by atoms with E-state index in [1.165, 1.54) is 0 Å². The second-order valence-corrected chi connectivity index (χ2v) is 4.39. The van der Waals surface area contributed by atoms with Crippen molar-refractivity contribution in [2.75, 3.05) is 0 Å². The molecule has 0 aromatic carbocycles. The molecule has 0 aliphatic rings. The number of nitrogens with two attached hydrogens (primary N) is 1. The summed E-state index contributed by atoms with van der Waals surface area (Å²) < 4.78 is 6.80. The summed E-state index contributed by atoms with van der Waals surface area (Å²) in [5.74, 6) is 1.29. The fourth-order valence-corrected chi connectivity index (χ4v) is 1.74. The second-order valence-electron chi connectivity index (χ2n) is 4.39. The van der Waals surface area contributed by atoms with Crippen LogP contribution in [0, 0.1) is 6.92 Å². The molecule has 1 amide bonds. The molecule has 0 unspecified atom stereocenters. The lowest BCUT2D eigenvalue weighted by Crippen LogP contribution is -2.14. The van der Waals surface area contributed by atoms with Crippen LogP contribution < -0.4 is 5.73 Å². The lowest BCUT2D eigenvalue weighted by atomic mass is 10.3. The smallest absolute Gasteiger partial charge is 0.225 e. The number of carbonyl (C=O) groups is 1. The van der Waals surface area contributed by atoms with E-state index in [1.54, 1.807) is 10.7 Å². The Hall–Kier alpha value is -2.18. The highest BCUT2D eigenvalue weighted by atomic mass is 16.5. The molecule has 0 aliphatic carbocycles. The van der Waals surface area contributed by atoms with E-state index >= 15 is 0 Å². The maximum atomic E-state index is 10.9. The minimum atomic E-state index is -0.449. The third-order valence-electron chi connectivity index (χ3n) is 2.63. The van der Waals surface area contributed by atoms with E-state index in [-0.39, 0.29) is 6.42 Å². The number of carbonyl (C=O) groups excluding carboxylic acids is 1. The standard InChI is InChI=1S/C12H17N5O2/c1-3-4-5-17-12(9-6-8(2)19-16-9)14-11(15-17)7-10(13)18/h6H,3-5,7H2,1-2H3,(H2,13,18). The van der Waals surface area contributed by atoms with E-state index in [0.717, 1.165) is 19.4 Å². The van der Waals surface area contributed by atoms with E-state index < -0.39 is 5.91 Å². The van der Waals surface area contributed by atoms with Gasteiger partial charge in [0.05, 0.1) is 6.42 Å². The van der Waals surface area contributed by atoms with Crippen molar-refractivity contribution in [3.63, 3.8) is 0 Å². The Labute approximate surface area is 110 Å². The minimum Gasteiger partial charge on any atom is -0.369 e. The van der Waals surface area contributed by atoms with Crippen LogP contribution in [-0.2, 0) is 17.8 Å². The van der Waals surface area contributed by atoms with Crippen LogP contribution in [0.4, 0.5) is 0 Å². The number of hydrogen-bond acceptors (Lipinski definition) is 5. The van der Waals surface area contributed by atoms with Crippen LogP contribution in [-0.4, -0.2) is 25.8 Å². The molecule has 0 atom stereocenters. The van der Waals surface area contributed by atoms with E-state index in [4.69, 9.17) is 10.3 Å². The van der Waals surface area contributed by atoms with Crippen LogP contribution >= 0.6 is 0 Å². The molecule has 0 spiro atoms. The van der Waals surface area contributed by atoms with Crippen molar-refractivity contribution in [3.05, 3.63) is 17.7 Å². The molecule has 7 nitrogen and oxygen atoms in total. The molecular weight excluding hydrogens is 246 g/mol. The van der Waals surface area contributed by atoms with Gasteiger partial charge in [0.15, 0.2) is 17.3 Å². The van der Waals surface area contributed by atoms with Crippen LogP contribution in [0.15, 0.2) is 10.6 Å². The zero-order valence-electron chi connectivity index (χ0n) is 11.1. The number of aromatic nitrogens is 4. The van der Waals surface area contributed by atoms with Gasteiger partial charge >= 0.3 is 0 Å². The number of unbranched alkanes of at least 4 members (excludes halogenated alkanes) is 1. The molecule has 102 valence electrons. The molecule has 0 saturated heterocycles. The van der Waals surface area contributed by atoms with Gasteiger partial charge in [-0.15, -0.1) is 0 Å². The number of rotatable bonds is 6. The Morgan fingerprint density at radius 1 is 1.53 bits per heavy atom. The molecule has 2 N–H and O–H groups in total. The molecule has 2 aromatic rings. The van der Waals surface area contributed by atoms with Gasteiger partial charge in [-0.1, -0.05) is 18.5 Å². The normalized spacial score (nSPS) is 10.8. The van der Waals surface area contributed by atoms with Crippen molar-refractivity contribution in [3.8, 4) is 11.5 Å². The Kier molecular flexibility index (Phi) is 3.94. The zero-order chi connectivity index (χ0) is 13.8. The van der Waals surface area contributed by atoms with Gasteiger partial charge in [0.1, 0.15) is 5.76 Å². The summed E-state index contributed by atoms with van der Waals surface area (Å²) in [7, 11) is 0. The molecule has 2 rings (SSSR count). The highest BCUT2D eigenvalue weighted by Crippen LogP contribution is 2.17. The van der Waals surface area contributed by atoms with Crippen LogP contribution in [0.3, 0.4) is 0 Å². The molecule has 0 radical (unpaired) electrons. The zero-order valence-corrected chi connectivity index (χ0v) is 11.1. The van der Waals surface area contributed by atoms with Gasteiger partial charge in [0, 0.05) is 12.6 Å². The molecule has 0 aliphatic heterocycles. The first-order valence-corrected chi connectivity index (χ1v) is 6.26. The maximum absolute atomic E-state index is 10.9. The molecule has 7 heteroatoms. The van der Waals surface area contributed by atoms with Crippen molar-refractivity contribution < 1.29 is 9.32 Å². The first kappa shape index (κ1) is 13.3. The van der Waals surface area contributed by atoms with Crippen molar-refractivity contribution in [2.24, 2.45) is 5.73 Å². The Bertz CT molecular complexity index is 572. The van der Waals surface area contributed by atoms with Crippen LogP contribution in [0.2, 0.25) is 0 Å². The predicted molar refractivity (Wildman–Crippen MR) is 68.1 cm³/mol. The molecule has 0 fully saturated rings. The fraction of sp³-hybridized carbons (Fsp3) is 0.500. The largest absolute Gasteiger partial charge is 0.369 e. The fourth-order valence-electron chi connectivity index (χ4n) is 1.74. The Morgan fingerprint density at radius 3 is 2.89 bits per heavy atom. The van der Waals surface area contributed by atoms with E-state index in [0.29, 0.717) is 23.1 Å². The molecule has 2 aromatic heterocycles. The average Bonchev–Trinajstić information content (AvgIpc) is 2.92. The SMILES string of the molecule is CCCCn1nc(CC(N)=O)nc1-c1cc(C)on1. The molecule has 2 heterocycles. The van der Waals surface area contributed by atoms with Gasteiger partial charge < -0.3 is 10.3 Å². The predicted octanol–water partition coefficient (Wildman–Crippen LogP) is 1.07. The topological polar surface area (TPSA) is 99.8 Å². The molecule has 0 saturated carbocycles. The molecule has 0 bridgehead atoms. The summed E-state index contributed by atoms with van der Waals surface area (Å²) in [5, 5.41) is 8.23. The molecule has 19 heavy (non-hydrogen) atoms. The van der Waals surface area contributed by atoms with Gasteiger partial charge in [-0.05, 0) is 13.3 Å². The summed E-state index contributed by atoms with van der Waals surface area (Å²) >= 11 is 0. The Balaban J connectivity index is 2.33. The third-order valence-corrected chi connectivity index (χ3v) is 2.63. The first-order chi connectivity index (χ1) is 9.10. The summed E-state index contributed by atoms with van der Waals surface area (Å²) in [4.78, 5) is 15.3. The summed E-state index contributed by atoms with van der Waals surface area (Å²) in [6, 6.07) is 1.79. The first-order valence-electron chi connectivity index (χ1n) is 6.26. The summed E-state index contributed by atoms with van der Waals surface area (Å²) in [6.07, 6.45) is 2.05. The number of aryl methyl sites for hydroxylation is 2. The summed E-state index contributed by atoms with van der Waals surface area (Å²) in [5.41, 5.74) is 5.79. The van der Waals surface area contributed by atoms with E-state index in [9.17, 15) is 4.79 Å². The van der Waals surface area contributed by atoms with Gasteiger partial charge in [-0.3, -0.25) is 4.79 Å². The van der Waals surface area contributed by atoms with Crippen LogP contribution in [0.25, 0.3) is 11.5 Å². The van der Waals surface area contributed by atoms with Crippen LogP contribution in [0.5, 0.6) is 0 Å².